The maximum absolute atomic E-state index is 12.9. The van der Waals surface area contributed by atoms with Crippen molar-refractivity contribution in [2.45, 2.75) is 26.7 Å². The van der Waals surface area contributed by atoms with Gasteiger partial charge in [-0.3, -0.25) is 14.5 Å². The molecule has 2 aromatic rings. The average Bonchev–Trinajstić information content (AvgIpc) is 3.02. The Morgan fingerprint density at radius 3 is 2.48 bits per heavy atom. The lowest BCUT2D eigenvalue weighted by atomic mass is 10.0. The molecule has 31 heavy (non-hydrogen) atoms. The highest BCUT2D eigenvalue weighted by Crippen LogP contribution is 2.37. The molecule has 0 saturated carbocycles. The van der Waals surface area contributed by atoms with Gasteiger partial charge in [0.1, 0.15) is 0 Å². The minimum atomic E-state index is -0.261. The van der Waals surface area contributed by atoms with Crippen molar-refractivity contribution >= 4 is 29.0 Å². The van der Waals surface area contributed by atoms with E-state index in [2.05, 4.69) is 6.58 Å². The van der Waals surface area contributed by atoms with E-state index in [0.717, 1.165) is 28.5 Å². The highest BCUT2D eigenvalue weighted by Gasteiger charge is 2.34. The van der Waals surface area contributed by atoms with Crippen LogP contribution in [0.3, 0.4) is 0 Å². The number of carbonyl (C=O) groups excluding carboxylic acids is 2. The maximum atomic E-state index is 12.9. The van der Waals surface area contributed by atoms with Crippen molar-refractivity contribution in [1.29, 1.82) is 0 Å². The molecule has 2 amide bonds. The lowest BCUT2D eigenvalue weighted by molar-refractivity contribution is -0.122. The molecule has 1 aliphatic heterocycles. The minimum Gasteiger partial charge on any atom is -0.490 e. The van der Waals surface area contributed by atoms with Gasteiger partial charge in [0.15, 0.2) is 11.5 Å². The van der Waals surface area contributed by atoms with Gasteiger partial charge in [-0.05, 0) is 67.8 Å². The number of allylic oxidation sites excluding steroid dienone is 1. The maximum Gasteiger partial charge on any atom is 0.293 e. The molecule has 1 saturated heterocycles. The minimum absolute atomic E-state index is 0.241. The van der Waals surface area contributed by atoms with Gasteiger partial charge < -0.3 is 9.47 Å². The second kappa shape index (κ2) is 10.9. The van der Waals surface area contributed by atoms with Crippen molar-refractivity contribution in [3.8, 4) is 11.5 Å². The molecule has 2 aromatic carbocycles. The molecule has 1 fully saturated rings. The first-order valence-electron chi connectivity index (χ1n) is 10.4. The predicted molar refractivity (Wildman–Crippen MR) is 126 cm³/mol. The van der Waals surface area contributed by atoms with Crippen LogP contribution in [0.25, 0.3) is 6.08 Å². The third kappa shape index (κ3) is 5.58. The zero-order valence-electron chi connectivity index (χ0n) is 17.9. The van der Waals surface area contributed by atoms with Gasteiger partial charge in [0.05, 0.1) is 18.1 Å². The number of benzene rings is 2. The van der Waals surface area contributed by atoms with Crippen molar-refractivity contribution in [1.82, 2.24) is 4.90 Å². The molecule has 0 atom stereocenters. The Morgan fingerprint density at radius 1 is 1.06 bits per heavy atom. The summed E-state index contributed by atoms with van der Waals surface area (Å²) in [6, 6.07) is 13.6. The summed E-state index contributed by atoms with van der Waals surface area (Å²) >= 11 is 0.971. The second-order valence-electron chi connectivity index (χ2n) is 6.94. The third-order valence-electron chi connectivity index (χ3n) is 4.75. The summed E-state index contributed by atoms with van der Waals surface area (Å²) in [5, 5.41) is -0.241. The van der Waals surface area contributed by atoms with E-state index in [-0.39, 0.29) is 11.1 Å². The molecule has 1 heterocycles. The number of ether oxygens (including phenoxy) is 2. The molecule has 0 aliphatic carbocycles. The second-order valence-corrected chi connectivity index (χ2v) is 7.93. The fourth-order valence-electron chi connectivity index (χ4n) is 3.37. The number of nitrogens with zero attached hydrogens (tertiary/aromatic N) is 1. The van der Waals surface area contributed by atoms with E-state index < -0.39 is 0 Å². The number of amides is 2. The molecule has 5 nitrogen and oxygen atoms in total. The summed E-state index contributed by atoms with van der Waals surface area (Å²) < 4.78 is 11.6. The van der Waals surface area contributed by atoms with Gasteiger partial charge in [-0.25, -0.2) is 0 Å². The Kier molecular flexibility index (Phi) is 7.95. The molecule has 0 bridgehead atoms. The fourth-order valence-corrected chi connectivity index (χ4v) is 4.24. The summed E-state index contributed by atoms with van der Waals surface area (Å²) in [5.41, 5.74) is 2.81. The van der Waals surface area contributed by atoms with Gasteiger partial charge in [0, 0.05) is 12.1 Å². The molecule has 162 valence electrons. The first-order valence-corrected chi connectivity index (χ1v) is 11.2. The summed E-state index contributed by atoms with van der Waals surface area (Å²) in [4.78, 5) is 27.1. The molecule has 0 radical (unpaired) electrons. The first-order chi connectivity index (χ1) is 15.1. The van der Waals surface area contributed by atoms with Gasteiger partial charge in [0.25, 0.3) is 11.1 Å². The molecular formula is C25H27NO4S. The van der Waals surface area contributed by atoms with E-state index in [0.29, 0.717) is 49.0 Å². The lowest BCUT2D eigenvalue weighted by Gasteiger charge is -2.16. The van der Waals surface area contributed by atoms with Crippen LogP contribution < -0.4 is 9.47 Å². The van der Waals surface area contributed by atoms with Crippen LogP contribution in [0.2, 0.25) is 0 Å². The van der Waals surface area contributed by atoms with Crippen molar-refractivity contribution in [2.24, 2.45) is 0 Å². The zero-order chi connectivity index (χ0) is 22.2. The number of hydrogen-bond acceptors (Lipinski definition) is 5. The van der Waals surface area contributed by atoms with E-state index in [9.17, 15) is 9.59 Å². The summed E-state index contributed by atoms with van der Waals surface area (Å²) in [5.74, 6) is 1.05. The van der Waals surface area contributed by atoms with Crippen molar-refractivity contribution in [3.05, 3.63) is 76.7 Å². The number of rotatable bonds is 10. The van der Waals surface area contributed by atoms with Gasteiger partial charge in [-0.2, -0.15) is 0 Å². The van der Waals surface area contributed by atoms with Crippen LogP contribution in [-0.4, -0.2) is 35.8 Å². The van der Waals surface area contributed by atoms with Gasteiger partial charge in [-0.15, -0.1) is 6.58 Å². The largest absolute Gasteiger partial charge is 0.490 e. The quantitative estimate of drug-likeness (QED) is 0.363. The SMILES string of the molecule is C=CCc1cc(/C=C2/SC(=O)N(CCc3ccccc3)C2=O)cc(OCC)c1OCC. The molecule has 0 unspecified atom stereocenters. The van der Waals surface area contributed by atoms with Crippen LogP contribution in [-0.2, 0) is 17.6 Å². The smallest absolute Gasteiger partial charge is 0.293 e. The first kappa shape index (κ1) is 22.7. The third-order valence-corrected chi connectivity index (χ3v) is 5.65. The standard InChI is InChI=1S/C25H27NO4S/c1-4-10-20-15-19(16-21(29-5-2)23(20)30-6-3)17-22-24(27)26(25(28)31-22)14-13-18-11-8-7-9-12-18/h4,7-9,11-12,15-17H,1,5-6,10,13-14H2,2-3H3/b22-17+. The Hall–Kier alpha value is -2.99. The van der Waals surface area contributed by atoms with Crippen LogP contribution in [0.1, 0.15) is 30.5 Å². The highest BCUT2D eigenvalue weighted by atomic mass is 32.2. The van der Waals surface area contributed by atoms with Crippen molar-refractivity contribution < 1.29 is 19.1 Å². The molecule has 0 spiro atoms. The van der Waals surface area contributed by atoms with E-state index in [1.165, 1.54) is 4.90 Å². The monoisotopic (exact) mass is 437 g/mol. The molecule has 1 aliphatic rings. The van der Waals surface area contributed by atoms with Crippen LogP contribution in [0.4, 0.5) is 4.79 Å². The number of thioether (sulfide) groups is 1. The zero-order valence-corrected chi connectivity index (χ0v) is 18.7. The number of imide groups is 1. The number of carbonyl (C=O) groups is 2. The highest BCUT2D eigenvalue weighted by molar-refractivity contribution is 8.18. The van der Waals surface area contributed by atoms with E-state index in [1.54, 1.807) is 12.2 Å². The summed E-state index contributed by atoms with van der Waals surface area (Å²) in [6.07, 6.45) is 4.79. The molecule has 6 heteroatoms. The Bertz CT molecular complexity index is 985. The predicted octanol–water partition coefficient (Wildman–Crippen LogP) is 5.49. The Balaban J connectivity index is 1.85. The normalized spacial score (nSPS) is 14.9. The summed E-state index contributed by atoms with van der Waals surface area (Å²) in [7, 11) is 0. The van der Waals surface area contributed by atoms with Gasteiger partial charge >= 0.3 is 0 Å². The summed E-state index contributed by atoms with van der Waals surface area (Å²) in [6.45, 7) is 9.03. The molecular weight excluding hydrogens is 410 g/mol. The van der Waals surface area contributed by atoms with Gasteiger partial charge in [-0.1, -0.05) is 36.4 Å². The topological polar surface area (TPSA) is 55.8 Å². The van der Waals surface area contributed by atoms with Crippen LogP contribution >= 0.6 is 11.8 Å². The van der Waals surface area contributed by atoms with E-state index >= 15 is 0 Å². The van der Waals surface area contributed by atoms with Gasteiger partial charge in [0.2, 0.25) is 0 Å². The van der Waals surface area contributed by atoms with Crippen LogP contribution in [0, 0.1) is 0 Å². The van der Waals surface area contributed by atoms with Crippen LogP contribution in [0.15, 0.2) is 60.0 Å². The molecule has 0 N–H and O–H groups in total. The van der Waals surface area contributed by atoms with Crippen molar-refractivity contribution in [3.63, 3.8) is 0 Å². The van der Waals surface area contributed by atoms with Crippen LogP contribution in [0.5, 0.6) is 11.5 Å². The Labute approximate surface area is 187 Å². The molecule has 3 rings (SSSR count). The van der Waals surface area contributed by atoms with Crippen molar-refractivity contribution in [2.75, 3.05) is 19.8 Å². The number of hydrogen-bond donors (Lipinski definition) is 0. The Morgan fingerprint density at radius 2 is 1.81 bits per heavy atom. The fraction of sp³-hybridized carbons (Fsp3) is 0.280. The average molecular weight is 438 g/mol. The van der Waals surface area contributed by atoms with E-state index in [4.69, 9.17) is 9.47 Å². The lowest BCUT2D eigenvalue weighted by Crippen LogP contribution is -2.30. The molecule has 0 aromatic heterocycles. The van der Waals surface area contributed by atoms with E-state index in [1.807, 2.05) is 56.3 Å².